The summed E-state index contributed by atoms with van der Waals surface area (Å²) in [4.78, 5) is 11.2. The Bertz CT molecular complexity index is 417. The molecule has 0 radical (unpaired) electrons. The SMILES string of the molecule is CNc1nc(C)nc(NCCCCN(C)C(C)C)c1C. The minimum Gasteiger partial charge on any atom is -0.373 e. The van der Waals surface area contributed by atoms with Gasteiger partial charge in [0.05, 0.1) is 0 Å². The van der Waals surface area contributed by atoms with Gasteiger partial charge in [-0.1, -0.05) is 0 Å². The minimum absolute atomic E-state index is 0.618. The lowest BCUT2D eigenvalue weighted by molar-refractivity contribution is 0.269. The highest BCUT2D eigenvalue weighted by molar-refractivity contribution is 5.56. The summed E-state index contributed by atoms with van der Waals surface area (Å²) >= 11 is 0. The quantitative estimate of drug-likeness (QED) is 0.717. The number of hydrogen-bond donors (Lipinski definition) is 2. The molecule has 1 rings (SSSR count). The van der Waals surface area contributed by atoms with Gasteiger partial charge in [0, 0.05) is 25.2 Å². The molecule has 0 aliphatic heterocycles. The van der Waals surface area contributed by atoms with Crippen molar-refractivity contribution in [2.45, 2.75) is 46.6 Å². The molecule has 0 saturated heterocycles. The van der Waals surface area contributed by atoms with Crippen molar-refractivity contribution < 1.29 is 0 Å². The van der Waals surface area contributed by atoms with Crippen LogP contribution in [-0.2, 0) is 0 Å². The third kappa shape index (κ3) is 4.96. The summed E-state index contributed by atoms with van der Waals surface area (Å²) in [5.41, 5.74) is 1.08. The maximum Gasteiger partial charge on any atom is 0.134 e. The molecule has 1 heterocycles. The van der Waals surface area contributed by atoms with E-state index in [4.69, 9.17) is 0 Å². The van der Waals surface area contributed by atoms with Crippen LogP contribution in [-0.4, -0.2) is 48.1 Å². The third-order valence-electron chi connectivity index (χ3n) is 3.61. The molecule has 0 unspecified atom stereocenters. The smallest absolute Gasteiger partial charge is 0.134 e. The van der Waals surface area contributed by atoms with Gasteiger partial charge in [-0.25, -0.2) is 9.97 Å². The van der Waals surface area contributed by atoms with Crippen LogP contribution in [0, 0.1) is 13.8 Å². The van der Waals surface area contributed by atoms with Crippen LogP contribution in [0.15, 0.2) is 0 Å². The van der Waals surface area contributed by atoms with Gasteiger partial charge in [0.15, 0.2) is 0 Å². The summed E-state index contributed by atoms with van der Waals surface area (Å²) in [6.07, 6.45) is 2.35. The zero-order valence-electron chi connectivity index (χ0n) is 13.7. The first-order chi connectivity index (χ1) is 9.45. The molecule has 0 fully saturated rings. The summed E-state index contributed by atoms with van der Waals surface area (Å²) < 4.78 is 0. The minimum atomic E-state index is 0.618. The molecule has 5 nitrogen and oxygen atoms in total. The van der Waals surface area contributed by atoms with Crippen molar-refractivity contribution in [1.29, 1.82) is 0 Å². The van der Waals surface area contributed by atoms with E-state index in [9.17, 15) is 0 Å². The Hall–Kier alpha value is -1.36. The average Bonchev–Trinajstić information content (AvgIpc) is 2.41. The highest BCUT2D eigenvalue weighted by Crippen LogP contribution is 2.19. The van der Waals surface area contributed by atoms with Crippen molar-refractivity contribution in [2.75, 3.05) is 37.8 Å². The van der Waals surface area contributed by atoms with Gasteiger partial charge in [-0.2, -0.15) is 0 Å². The molecular weight excluding hydrogens is 250 g/mol. The molecule has 0 aliphatic rings. The van der Waals surface area contributed by atoms with E-state index < -0.39 is 0 Å². The van der Waals surface area contributed by atoms with Crippen LogP contribution in [0.3, 0.4) is 0 Å². The average molecular weight is 279 g/mol. The highest BCUT2D eigenvalue weighted by Gasteiger charge is 2.07. The van der Waals surface area contributed by atoms with Crippen LogP contribution in [0.5, 0.6) is 0 Å². The number of unbranched alkanes of at least 4 members (excludes halogenated alkanes) is 1. The molecule has 0 atom stereocenters. The highest BCUT2D eigenvalue weighted by atomic mass is 15.1. The molecule has 0 aromatic carbocycles. The number of nitrogens with zero attached hydrogens (tertiary/aromatic N) is 3. The molecule has 0 aliphatic carbocycles. The molecule has 0 bridgehead atoms. The lowest BCUT2D eigenvalue weighted by atomic mass is 10.2. The molecule has 1 aromatic rings. The van der Waals surface area contributed by atoms with Crippen LogP contribution < -0.4 is 10.6 Å². The fraction of sp³-hybridized carbons (Fsp3) is 0.733. The number of nitrogens with one attached hydrogen (secondary N) is 2. The standard InChI is InChI=1S/C15H29N5/c1-11(2)20(6)10-8-7-9-17-15-12(3)14(16-5)18-13(4)19-15/h11H,7-10H2,1-6H3,(H2,16,17,18,19). The molecule has 20 heavy (non-hydrogen) atoms. The molecular formula is C15H29N5. The van der Waals surface area contributed by atoms with Crippen molar-refractivity contribution in [3.63, 3.8) is 0 Å². The largest absolute Gasteiger partial charge is 0.373 e. The second kappa shape index (κ2) is 8.04. The summed E-state index contributed by atoms with van der Waals surface area (Å²) in [6.45, 7) is 10.5. The van der Waals surface area contributed by atoms with Crippen molar-refractivity contribution in [2.24, 2.45) is 0 Å². The van der Waals surface area contributed by atoms with Crippen LogP contribution in [0.25, 0.3) is 0 Å². The lowest BCUT2D eigenvalue weighted by Gasteiger charge is -2.20. The van der Waals surface area contributed by atoms with E-state index in [0.717, 1.165) is 42.5 Å². The molecule has 0 amide bonds. The summed E-state index contributed by atoms with van der Waals surface area (Å²) in [5, 5.41) is 6.53. The van der Waals surface area contributed by atoms with E-state index in [1.807, 2.05) is 20.9 Å². The van der Waals surface area contributed by atoms with E-state index in [2.05, 4.69) is 46.4 Å². The summed E-state index contributed by atoms with van der Waals surface area (Å²) in [7, 11) is 4.07. The maximum atomic E-state index is 4.47. The molecule has 2 N–H and O–H groups in total. The zero-order chi connectivity index (χ0) is 15.1. The summed E-state index contributed by atoms with van der Waals surface area (Å²) in [5.74, 6) is 2.64. The van der Waals surface area contributed by atoms with Crippen LogP contribution >= 0.6 is 0 Å². The first-order valence-electron chi connectivity index (χ1n) is 7.42. The first kappa shape index (κ1) is 16.7. The number of rotatable bonds is 8. The van der Waals surface area contributed by atoms with E-state index in [1.165, 1.54) is 6.42 Å². The first-order valence-corrected chi connectivity index (χ1v) is 7.42. The van der Waals surface area contributed by atoms with Gasteiger partial charge >= 0.3 is 0 Å². The van der Waals surface area contributed by atoms with Gasteiger partial charge in [0.25, 0.3) is 0 Å². The fourth-order valence-corrected chi connectivity index (χ4v) is 2.00. The zero-order valence-corrected chi connectivity index (χ0v) is 13.7. The molecule has 114 valence electrons. The summed E-state index contributed by atoms with van der Waals surface area (Å²) in [6, 6.07) is 0.618. The number of anilines is 2. The van der Waals surface area contributed by atoms with Gasteiger partial charge in [-0.05, 0) is 54.1 Å². The lowest BCUT2D eigenvalue weighted by Crippen LogP contribution is -2.27. The Morgan fingerprint density at radius 3 is 2.35 bits per heavy atom. The maximum absolute atomic E-state index is 4.47. The van der Waals surface area contributed by atoms with E-state index >= 15 is 0 Å². The van der Waals surface area contributed by atoms with Crippen LogP contribution in [0.1, 0.15) is 38.1 Å². The Balaban J connectivity index is 2.41. The van der Waals surface area contributed by atoms with Crippen molar-refractivity contribution in [3.05, 3.63) is 11.4 Å². The van der Waals surface area contributed by atoms with Gasteiger partial charge in [-0.15, -0.1) is 0 Å². The van der Waals surface area contributed by atoms with Crippen LogP contribution in [0.4, 0.5) is 11.6 Å². The van der Waals surface area contributed by atoms with E-state index in [0.29, 0.717) is 6.04 Å². The number of aryl methyl sites for hydroxylation is 1. The molecule has 5 heteroatoms. The van der Waals surface area contributed by atoms with Gasteiger partial charge in [0.2, 0.25) is 0 Å². The van der Waals surface area contributed by atoms with Crippen molar-refractivity contribution >= 4 is 11.6 Å². The predicted octanol–water partition coefficient (Wildman–Crippen LogP) is 2.67. The Morgan fingerprint density at radius 1 is 1.10 bits per heavy atom. The Kier molecular flexibility index (Phi) is 6.71. The Morgan fingerprint density at radius 2 is 1.75 bits per heavy atom. The van der Waals surface area contributed by atoms with Gasteiger partial charge in [-0.3, -0.25) is 0 Å². The predicted molar refractivity (Wildman–Crippen MR) is 86.5 cm³/mol. The number of aromatic nitrogens is 2. The van der Waals surface area contributed by atoms with Gasteiger partial charge in [0.1, 0.15) is 17.5 Å². The topological polar surface area (TPSA) is 53.1 Å². The number of hydrogen-bond acceptors (Lipinski definition) is 5. The normalized spacial score (nSPS) is 11.2. The Labute approximate surface area is 123 Å². The molecule has 0 spiro atoms. The van der Waals surface area contributed by atoms with E-state index in [-0.39, 0.29) is 0 Å². The fourth-order valence-electron chi connectivity index (χ4n) is 2.00. The van der Waals surface area contributed by atoms with Gasteiger partial charge < -0.3 is 15.5 Å². The van der Waals surface area contributed by atoms with Crippen molar-refractivity contribution in [3.8, 4) is 0 Å². The molecule has 1 aromatic heterocycles. The van der Waals surface area contributed by atoms with Crippen molar-refractivity contribution in [1.82, 2.24) is 14.9 Å². The van der Waals surface area contributed by atoms with E-state index in [1.54, 1.807) is 0 Å². The van der Waals surface area contributed by atoms with Crippen LogP contribution in [0.2, 0.25) is 0 Å². The second-order valence-electron chi connectivity index (χ2n) is 5.55. The molecule has 0 saturated carbocycles. The second-order valence-corrected chi connectivity index (χ2v) is 5.55. The monoisotopic (exact) mass is 279 g/mol. The third-order valence-corrected chi connectivity index (χ3v) is 3.61.